The number of nitrogens with one attached hydrogen (secondary N) is 2. The predicted molar refractivity (Wildman–Crippen MR) is 124 cm³/mol. The molecule has 8 heteroatoms. The molecule has 1 heterocycles. The van der Waals surface area contributed by atoms with E-state index >= 15 is 0 Å². The van der Waals surface area contributed by atoms with Crippen molar-refractivity contribution in [1.82, 2.24) is 10.6 Å². The molecule has 2 fully saturated rings. The van der Waals surface area contributed by atoms with Crippen LogP contribution in [0, 0.1) is 29.6 Å². The molecular weight excluding hydrogens is 424 g/mol. The van der Waals surface area contributed by atoms with Crippen LogP contribution in [-0.4, -0.2) is 48.5 Å². The first kappa shape index (κ1) is 27.1. The van der Waals surface area contributed by atoms with Gasteiger partial charge in [-0.05, 0) is 36.5 Å². The molecule has 0 aromatic rings. The zero-order valence-corrected chi connectivity index (χ0v) is 21.0. The summed E-state index contributed by atoms with van der Waals surface area (Å²) in [5.41, 5.74) is 0. The number of amides is 2. The van der Waals surface area contributed by atoms with Gasteiger partial charge in [-0.2, -0.15) is 0 Å². The van der Waals surface area contributed by atoms with Crippen molar-refractivity contribution >= 4 is 23.8 Å². The molecule has 33 heavy (non-hydrogen) atoms. The quantitative estimate of drug-likeness (QED) is 0.453. The van der Waals surface area contributed by atoms with Crippen molar-refractivity contribution in [2.75, 3.05) is 6.61 Å². The SMILES string of the molecule is CC[C@H](C)[C@@H]1C(=O)O[C@H]1C(=O)N[C@H](C(=O)N[C@H](C(=O)OCC1CCCCC1)C(C)C)C(C)C. The van der Waals surface area contributed by atoms with Gasteiger partial charge < -0.3 is 20.1 Å². The Labute approximate surface area is 197 Å². The third-order valence-electron chi connectivity index (χ3n) is 7.01. The molecular formula is C25H42N2O6. The molecule has 1 saturated heterocycles. The van der Waals surface area contributed by atoms with E-state index in [1.54, 1.807) is 0 Å². The molecule has 0 aromatic heterocycles. The highest BCUT2D eigenvalue weighted by atomic mass is 16.6. The first-order valence-electron chi connectivity index (χ1n) is 12.5. The fourth-order valence-electron chi connectivity index (χ4n) is 4.48. The zero-order valence-electron chi connectivity index (χ0n) is 21.0. The summed E-state index contributed by atoms with van der Waals surface area (Å²) in [6.07, 6.45) is 5.55. The van der Waals surface area contributed by atoms with Crippen LogP contribution in [-0.2, 0) is 28.7 Å². The Hall–Kier alpha value is -2.12. The van der Waals surface area contributed by atoms with Crippen molar-refractivity contribution in [1.29, 1.82) is 0 Å². The van der Waals surface area contributed by atoms with Gasteiger partial charge in [0, 0.05) is 0 Å². The van der Waals surface area contributed by atoms with E-state index in [1.165, 1.54) is 6.42 Å². The lowest BCUT2D eigenvalue weighted by Gasteiger charge is -2.38. The molecule has 0 aromatic carbocycles. The number of cyclic esters (lactones) is 1. The van der Waals surface area contributed by atoms with E-state index in [9.17, 15) is 19.2 Å². The highest BCUT2D eigenvalue weighted by Crippen LogP contribution is 2.31. The molecule has 2 N–H and O–H groups in total. The van der Waals surface area contributed by atoms with Gasteiger partial charge in [-0.25, -0.2) is 4.79 Å². The van der Waals surface area contributed by atoms with E-state index in [1.807, 2.05) is 41.5 Å². The van der Waals surface area contributed by atoms with Crippen molar-refractivity contribution in [3.8, 4) is 0 Å². The Balaban J connectivity index is 1.97. The van der Waals surface area contributed by atoms with Crippen LogP contribution in [0.3, 0.4) is 0 Å². The van der Waals surface area contributed by atoms with Crippen molar-refractivity contribution in [2.24, 2.45) is 29.6 Å². The number of ether oxygens (including phenoxy) is 2. The first-order chi connectivity index (χ1) is 15.6. The molecule has 1 aliphatic carbocycles. The van der Waals surface area contributed by atoms with Gasteiger partial charge in [-0.3, -0.25) is 14.4 Å². The smallest absolute Gasteiger partial charge is 0.328 e. The molecule has 5 atom stereocenters. The summed E-state index contributed by atoms with van der Waals surface area (Å²) in [6, 6.07) is -1.66. The maximum Gasteiger partial charge on any atom is 0.328 e. The number of hydrogen-bond acceptors (Lipinski definition) is 6. The van der Waals surface area contributed by atoms with Crippen molar-refractivity contribution in [2.45, 2.75) is 98.3 Å². The lowest BCUT2D eigenvalue weighted by molar-refractivity contribution is -0.193. The van der Waals surface area contributed by atoms with E-state index in [4.69, 9.17) is 9.47 Å². The summed E-state index contributed by atoms with van der Waals surface area (Å²) < 4.78 is 10.6. The maximum absolute atomic E-state index is 13.1. The Kier molecular flexibility index (Phi) is 10.2. The van der Waals surface area contributed by atoms with Gasteiger partial charge in [-0.1, -0.05) is 67.2 Å². The fourth-order valence-corrected chi connectivity index (χ4v) is 4.48. The van der Waals surface area contributed by atoms with Gasteiger partial charge in [0.2, 0.25) is 5.91 Å². The summed E-state index contributed by atoms with van der Waals surface area (Å²) in [7, 11) is 0. The fraction of sp³-hybridized carbons (Fsp3) is 0.840. The molecule has 2 rings (SSSR count). The van der Waals surface area contributed by atoms with E-state index in [0.717, 1.165) is 32.1 Å². The van der Waals surface area contributed by atoms with E-state index < -0.39 is 41.9 Å². The van der Waals surface area contributed by atoms with Crippen molar-refractivity contribution < 1.29 is 28.7 Å². The molecule has 2 amide bonds. The molecule has 2 aliphatic rings. The summed E-state index contributed by atoms with van der Waals surface area (Å²) in [6.45, 7) is 11.6. The number of hydrogen-bond donors (Lipinski definition) is 2. The van der Waals surface area contributed by atoms with Crippen molar-refractivity contribution in [3.05, 3.63) is 0 Å². The summed E-state index contributed by atoms with van der Waals surface area (Å²) in [4.78, 5) is 50.4. The van der Waals surface area contributed by atoms with Crippen LogP contribution in [0.5, 0.6) is 0 Å². The van der Waals surface area contributed by atoms with E-state index in [-0.39, 0.29) is 23.7 Å². The summed E-state index contributed by atoms with van der Waals surface area (Å²) >= 11 is 0. The highest BCUT2D eigenvalue weighted by molar-refractivity contribution is 5.97. The Morgan fingerprint density at radius 1 is 0.970 bits per heavy atom. The lowest BCUT2D eigenvalue weighted by atomic mass is 9.82. The van der Waals surface area contributed by atoms with Crippen LogP contribution >= 0.6 is 0 Å². The first-order valence-corrected chi connectivity index (χ1v) is 12.5. The molecule has 8 nitrogen and oxygen atoms in total. The topological polar surface area (TPSA) is 111 Å². The minimum Gasteiger partial charge on any atom is -0.464 e. The van der Waals surface area contributed by atoms with Crippen LogP contribution in [0.2, 0.25) is 0 Å². The molecule has 1 aliphatic heterocycles. The molecule has 188 valence electrons. The predicted octanol–water partition coefficient (Wildman–Crippen LogP) is 2.98. The zero-order chi connectivity index (χ0) is 24.7. The van der Waals surface area contributed by atoms with Crippen LogP contribution < -0.4 is 10.6 Å². The third kappa shape index (κ3) is 7.18. The van der Waals surface area contributed by atoms with Gasteiger partial charge in [-0.15, -0.1) is 0 Å². The second kappa shape index (κ2) is 12.4. The van der Waals surface area contributed by atoms with Gasteiger partial charge in [0.15, 0.2) is 6.10 Å². The summed E-state index contributed by atoms with van der Waals surface area (Å²) in [5.74, 6) is -2.24. The minimum atomic E-state index is -0.886. The van der Waals surface area contributed by atoms with Crippen LogP contribution in [0.4, 0.5) is 0 Å². The van der Waals surface area contributed by atoms with Crippen LogP contribution in [0.1, 0.15) is 80.1 Å². The average Bonchev–Trinajstić information content (AvgIpc) is 2.77. The second-order valence-electron chi connectivity index (χ2n) is 10.4. The normalized spacial score (nSPS) is 23.8. The molecule has 0 bridgehead atoms. The average molecular weight is 467 g/mol. The lowest BCUT2D eigenvalue weighted by Crippen LogP contribution is -2.61. The Morgan fingerprint density at radius 2 is 1.58 bits per heavy atom. The maximum atomic E-state index is 13.1. The molecule has 0 unspecified atom stereocenters. The van der Waals surface area contributed by atoms with Gasteiger partial charge >= 0.3 is 11.9 Å². The number of rotatable bonds is 11. The number of carbonyl (C=O) groups is 4. The Bertz CT molecular complexity index is 701. The Morgan fingerprint density at radius 3 is 2.09 bits per heavy atom. The summed E-state index contributed by atoms with van der Waals surface area (Å²) in [5, 5.41) is 5.52. The minimum absolute atomic E-state index is 0.0117. The number of esters is 2. The third-order valence-corrected chi connectivity index (χ3v) is 7.01. The van der Waals surface area contributed by atoms with Gasteiger partial charge in [0.05, 0.1) is 6.61 Å². The van der Waals surface area contributed by atoms with E-state index in [0.29, 0.717) is 12.5 Å². The van der Waals surface area contributed by atoms with Gasteiger partial charge in [0.25, 0.3) is 5.91 Å². The highest BCUT2D eigenvalue weighted by Gasteiger charge is 2.50. The largest absolute Gasteiger partial charge is 0.464 e. The van der Waals surface area contributed by atoms with Crippen molar-refractivity contribution in [3.63, 3.8) is 0 Å². The van der Waals surface area contributed by atoms with Crippen LogP contribution in [0.25, 0.3) is 0 Å². The number of carbonyl (C=O) groups excluding carboxylic acids is 4. The standard InChI is InChI=1S/C25H42N2O6/c1-7-16(6)18-21(33-24(18)30)23(29)26-19(14(2)3)22(28)27-20(15(4)5)25(31)32-13-17-11-9-8-10-12-17/h14-21H,7-13H2,1-6H3,(H,26,29)(H,27,28)/t16-,18-,19-,20-,21+/m0/s1. The van der Waals surface area contributed by atoms with E-state index in [2.05, 4.69) is 10.6 Å². The van der Waals surface area contributed by atoms with Crippen LogP contribution in [0.15, 0.2) is 0 Å². The second-order valence-corrected chi connectivity index (χ2v) is 10.4. The molecule has 1 saturated carbocycles. The van der Waals surface area contributed by atoms with Gasteiger partial charge in [0.1, 0.15) is 18.0 Å². The molecule has 0 radical (unpaired) electrons. The molecule has 0 spiro atoms. The monoisotopic (exact) mass is 466 g/mol.